The molecule has 148 valence electrons. The fraction of sp³-hybridized carbons (Fsp3) is 0.316. The minimum absolute atomic E-state index is 0.0796. The number of primary amides is 1. The highest BCUT2D eigenvalue weighted by Crippen LogP contribution is 2.39. The van der Waals surface area contributed by atoms with Gasteiger partial charge in [-0.05, 0) is 49.7 Å². The fourth-order valence-corrected chi connectivity index (χ4v) is 4.55. The van der Waals surface area contributed by atoms with Crippen LogP contribution in [0.3, 0.4) is 0 Å². The van der Waals surface area contributed by atoms with Gasteiger partial charge >= 0.3 is 0 Å². The Morgan fingerprint density at radius 1 is 1.36 bits per heavy atom. The molecule has 1 saturated heterocycles. The number of likely N-dealkylation sites (tertiary alicyclic amines) is 1. The lowest BCUT2D eigenvalue weighted by molar-refractivity contribution is -0.122. The summed E-state index contributed by atoms with van der Waals surface area (Å²) in [6, 6.07) is 7.79. The molecule has 2 heterocycles. The van der Waals surface area contributed by atoms with Crippen LogP contribution in [0.15, 0.2) is 39.2 Å². The van der Waals surface area contributed by atoms with Crippen molar-refractivity contribution in [3.63, 3.8) is 0 Å². The highest BCUT2D eigenvalue weighted by atomic mass is 79.9. The highest BCUT2D eigenvalue weighted by Gasteiger charge is 2.24. The topological polar surface area (TPSA) is 91.0 Å². The second-order valence-electron chi connectivity index (χ2n) is 6.61. The van der Waals surface area contributed by atoms with Crippen molar-refractivity contribution in [2.75, 3.05) is 13.1 Å². The van der Waals surface area contributed by atoms with E-state index in [1.165, 1.54) is 11.3 Å². The number of benzene rings is 1. The first-order chi connectivity index (χ1) is 13.4. The number of hydrogen-bond acceptors (Lipinski definition) is 5. The van der Waals surface area contributed by atoms with E-state index in [0.717, 1.165) is 14.9 Å². The van der Waals surface area contributed by atoms with Crippen molar-refractivity contribution >= 4 is 56.2 Å². The van der Waals surface area contributed by atoms with Crippen molar-refractivity contribution in [2.24, 2.45) is 16.8 Å². The molecular formula is C19H21BrN4O2S2. The maximum Gasteiger partial charge on any atom is 0.220 e. The first-order valence-corrected chi connectivity index (χ1v) is 10.9. The van der Waals surface area contributed by atoms with Crippen LogP contribution in [0.25, 0.3) is 10.4 Å². The SMILES string of the molecule is C/C(=N\NC(=S)N1CCC(C(N)=O)CC1)c1csc(-c2ccc(Br)cc2)c1O. The average Bonchev–Trinajstić information content (AvgIpc) is 3.08. The predicted octanol–water partition coefficient (Wildman–Crippen LogP) is 3.68. The van der Waals surface area contributed by atoms with Crippen LogP contribution >= 0.6 is 39.5 Å². The molecule has 6 nitrogen and oxygen atoms in total. The summed E-state index contributed by atoms with van der Waals surface area (Å²) in [5.41, 5.74) is 10.5. The third kappa shape index (κ3) is 4.71. The summed E-state index contributed by atoms with van der Waals surface area (Å²) in [6.45, 7) is 3.17. The summed E-state index contributed by atoms with van der Waals surface area (Å²) in [7, 11) is 0. The molecule has 1 aromatic carbocycles. The molecule has 9 heteroatoms. The van der Waals surface area contributed by atoms with E-state index in [1.807, 2.05) is 41.5 Å². The van der Waals surface area contributed by atoms with Gasteiger partial charge in [-0.2, -0.15) is 5.10 Å². The van der Waals surface area contributed by atoms with Crippen LogP contribution in [-0.2, 0) is 4.79 Å². The Balaban J connectivity index is 1.65. The molecule has 0 saturated carbocycles. The van der Waals surface area contributed by atoms with Crippen molar-refractivity contribution < 1.29 is 9.90 Å². The van der Waals surface area contributed by atoms with E-state index >= 15 is 0 Å². The van der Waals surface area contributed by atoms with Gasteiger partial charge in [0.1, 0.15) is 5.75 Å². The van der Waals surface area contributed by atoms with Crippen LogP contribution < -0.4 is 11.2 Å². The molecule has 28 heavy (non-hydrogen) atoms. The number of hydrogen-bond donors (Lipinski definition) is 3. The first-order valence-electron chi connectivity index (χ1n) is 8.82. The van der Waals surface area contributed by atoms with Gasteiger partial charge in [0, 0.05) is 28.9 Å². The van der Waals surface area contributed by atoms with Crippen LogP contribution in [0.4, 0.5) is 0 Å². The Bertz CT molecular complexity index is 903. The second-order valence-corrected chi connectivity index (χ2v) is 8.79. The van der Waals surface area contributed by atoms with Gasteiger partial charge in [0.05, 0.1) is 16.2 Å². The van der Waals surface area contributed by atoms with Crippen molar-refractivity contribution in [3.05, 3.63) is 39.7 Å². The van der Waals surface area contributed by atoms with Crippen LogP contribution in [0.1, 0.15) is 25.3 Å². The molecule has 1 aromatic heterocycles. The third-order valence-corrected chi connectivity index (χ3v) is 6.66. The fourth-order valence-electron chi connectivity index (χ4n) is 3.04. The largest absolute Gasteiger partial charge is 0.506 e. The minimum Gasteiger partial charge on any atom is -0.506 e. The lowest BCUT2D eigenvalue weighted by atomic mass is 9.97. The van der Waals surface area contributed by atoms with Gasteiger partial charge in [-0.3, -0.25) is 10.2 Å². The standard InChI is InChI=1S/C19H21BrN4O2S2/c1-11(22-23-19(27)24-8-6-13(7-9-24)18(21)26)15-10-28-17(16(15)25)12-2-4-14(20)5-3-12/h2-5,10,13,25H,6-9H2,1H3,(H2,21,26)(H,23,27)/b22-11+. The molecular weight excluding hydrogens is 460 g/mol. The van der Waals surface area contributed by atoms with Crippen molar-refractivity contribution in [2.45, 2.75) is 19.8 Å². The molecule has 1 aliphatic heterocycles. The quantitative estimate of drug-likeness (QED) is 0.352. The van der Waals surface area contributed by atoms with Crippen molar-refractivity contribution in [1.82, 2.24) is 10.3 Å². The number of hydrazone groups is 1. The minimum atomic E-state index is -0.248. The zero-order valence-corrected chi connectivity index (χ0v) is 18.5. The number of aromatic hydroxyl groups is 1. The molecule has 0 spiro atoms. The number of rotatable bonds is 4. The van der Waals surface area contributed by atoms with Crippen molar-refractivity contribution in [3.8, 4) is 16.2 Å². The van der Waals surface area contributed by atoms with Gasteiger partial charge in [0.25, 0.3) is 0 Å². The van der Waals surface area contributed by atoms with Crippen LogP contribution in [0, 0.1) is 5.92 Å². The average molecular weight is 481 g/mol. The van der Waals surface area contributed by atoms with E-state index in [-0.39, 0.29) is 17.6 Å². The van der Waals surface area contributed by atoms with Crippen LogP contribution in [0.2, 0.25) is 0 Å². The van der Waals surface area contributed by atoms with Gasteiger partial charge in [0.2, 0.25) is 5.91 Å². The third-order valence-electron chi connectivity index (χ3n) is 4.76. The molecule has 0 atom stereocenters. The molecule has 0 aliphatic carbocycles. The van der Waals surface area contributed by atoms with E-state index in [1.54, 1.807) is 0 Å². The molecule has 3 rings (SSSR count). The number of carbonyl (C=O) groups excluding carboxylic acids is 1. The molecule has 1 aliphatic rings. The summed E-state index contributed by atoms with van der Waals surface area (Å²) >= 11 is 10.3. The second kappa shape index (κ2) is 9.02. The number of thiocarbonyl (C=S) groups is 1. The van der Waals surface area contributed by atoms with Gasteiger partial charge < -0.3 is 15.7 Å². The molecule has 0 unspecified atom stereocenters. The molecule has 1 fully saturated rings. The maximum atomic E-state index is 11.3. The van der Waals surface area contributed by atoms with Gasteiger partial charge in [-0.15, -0.1) is 11.3 Å². The lowest BCUT2D eigenvalue weighted by Gasteiger charge is -2.31. The summed E-state index contributed by atoms with van der Waals surface area (Å²) in [6.07, 6.45) is 1.39. The van der Waals surface area contributed by atoms with E-state index in [2.05, 4.69) is 26.5 Å². The zero-order valence-electron chi connectivity index (χ0n) is 15.3. The first kappa shape index (κ1) is 20.8. The van der Waals surface area contributed by atoms with E-state index in [4.69, 9.17) is 18.0 Å². The number of amides is 1. The molecule has 4 N–H and O–H groups in total. The Morgan fingerprint density at radius 3 is 2.61 bits per heavy atom. The number of nitrogens with one attached hydrogen (secondary N) is 1. The number of nitrogens with two attached hydrogens (primary N) is 1. The van der Waals surface area contributed by atoms with Crippen LogP contribution in [-0.4, -0.2) is 39.8 Å². The summed E-state index contributed by atoms with van der Waals surface area (Å²) < 4.78 is 0.989. The normalized spacial score (nSPS) is 15.5. The summed E-state index contributed by atoms with van der Waals surface area (Å²) in [5, 5.41) is 17.3. The summed E-state index contributed by atoms with van der Waals surface area (Å²) in [5.74, 6) is -0.116. The number of carbonyl (C=O) groups is 1. The number of thiophene rings is 1. The summed E-state index contributed by atoms with van der Waals surface area (Å²) in [4.78, 5) is 14.0. The van der Waals surface area contributed by atoms with Crippen LogP contribution in [0.5, 0.6) is 5.75 Å². The Hall–Kier alpha value is -1.97. The number of piperidine rings is 1. The Labute approximate surface area is 181 Å². The Kier molecular flexibility index (Phi) is 6.69. The molecule has 1 amide bonds. The predicted molar refractivity (Wildman–Crippen MR) is 121 cm³/mol. The smallest absolute Gasteiger partial charge is 0.220 e. The Morgan fingerprint density at radius 2 is 2.00 bits per heavy atom. The van der Waals surface area contributed by atoms with Crippen molar-refractivity contribution in [1.29, 1.82) is 0 Å². The monoisotopic (exact) mass is 480 g/mol. The van der Waals surface area contributed by atoms with Gasteiger partial charge in [-0.25, -0.2) is 0 Å². The zero-order chi connectivity index (χ0) is 20.3. The van der Waals surface area contributed by atoms with Gasteiger partial charge in [0.15, 0.2) is 5.11 Å². The molecule has 0 bridgehead atoms. The maximum absolute atomic E-state index is 11.3. The van der Waals surface area contributed by atoms with E-state index < -0.39 is 0 Å². The highest BCUT2D eigenvalue weighted by molar-refractivity contribution is 9.10. The molecule has 2 aromatic rings. The van der Waals surface area contributed by atoms with E-state index in [9.17, 15) is 9.90 Å². The van der Waals surface area contributed by atoms with E-state index in [0.29, 0.717) is 42.3 Å². The lowest BCUT2D eigenvalue weighted by Crippen LogP contribution is -2.45. The number of halogens is 1. The molecule has 0 radical (unpaired) electrons. The van der Waals surface area contributed by atoms with Gasteiger partial charge in [-0.1, -0.05) is 28.1 Å². The number of nitrogens with zero attached hydrogens (tertiary/aromatic N) is 2.